The van der Waals surface area contributed by atoms with Crippen LogP contribution in [-0.4, -0.2) is 38.9 Å². The number of aryl methyl sites for hydroxylation is 1. The van der Waals surface area contributed by atoms with Gasteiger partial charge in [0.1, 0.15) is 9.23 Å². The monoisotopic (exact) mass is 390 g/mol. The molecule has 0 N–H and O–H groups in total. The minimum Gasteiger partial charge on any atom is -0.369 e. The van der Waals surface area contributed by atoms with E-state index in [2.05, 4.69) is 11.0 Å². The number of hydrogen-bond acceptors (Lipinski definition) is 4. The molecule has 3 rings (SSSR count). The molecule has 1 aliphatic heterocycles. The zero-order valence-corrected chi connectivity index (χ0v) is 15.6. The van der Waals surface area contributed by atoms with Crippen molar-refractivity contribution in [3.8, 4) is 0 Å². The Morgan fingerprint density at radius 3 is 2.35 bits per heavy atom. The molecule has 4 nitrogen and oxygen atoms in total. The first-order valence-electron chi connectivity index (χ1n) is 7.14. The minimum atomic E-state index is -3.58. The van der Waals surface area contributed by atoms with Crippen LogP contribution in [0.3, 0.4) is 0 Å². The normalized spacial score (nSPS) is 16.7. The van der Waals surface area contributed by atoms with Crippen LogP contribution in [0.5, 0.6) is 0 Å². The zero-order chi connectivity index (χ0) is 16.6. The Morgan fingerprint density at radius 1 is 1.09 bits per heavy atom. The number of benzene rings is 1. The number of nitrogens with zero attached hydrogens (tertiary/aromatic N) is 2. The van der Waals surface area contributed by atoms with Gasteiger partial charge in [0.05, 0.1) is 4.34 Å². The van der Waals surface area contributed by atoms with Gasteiger partial charge < -0.3 is 4.90 Å². The minimum absolute atomic E-state index is 0.109. The molecule has 0 atom stereocenters. The van der Waals surface area contributed by atoms with Crippen LogP contribution >= 0.6 is 34.5 Å². The molecule has 1 saturated heterocycles. The molecule has 124 valence electrons. The predicted octanol–water partition coefficient (Wildman–Crippen LogP) is 3.87. The molecule has 1 aromatic heterocycles. The summed E-state index contributed by atoms with van der Waals surface area (Å²) in [6.07, 6.45) is 0. The van der Waals surface area contributed by atoms with Gasteiger partial charge in [-0.05, 0) is 30.7 Å². The molecule has 1 fully saturated rings. The molecule has 0 aliphatic carbocycles. The number of thiophene rings is 1. The first-order chi connectivity index (χ1) is 10.9. The highest BCUT2D eigenvalue weighted by molar-refractivity contribution is 7.89. The number of hydrogen-bond donors (Lipinski definition) is 0. The van der Waals surface area contributed by atoms with Gasteiger partial charge in [0.2, 0.25) is 10.0 Å². The summed E-state index contributed by atoms with van der Waals surface area (Å²) in [5.74, 6) is 0. The zero-order valence-electron chi connectivity index (χ0n) is 12.5. The van der Waals surface area contributed by atoms with E-state index in [1.54, 1.807) is 0 Å². The Balaban J connectivity index is 1.75. The van der Waals surface area contributed by atoms with Crippen molar-refractivity contribution >= 4 is 50.2 Å². The third kappa shape index (κ3) is 3.51. The summed E-state index contributed by atoms with van der Waals surface area (Å²) in [6, 6.07) is 9.65. The number of rotatable bonds is 3. The number of anilines is 1. The van der Waals surface area contributed by atoms with Gasteiger partial charge in [0.25, 0.3) is 0 Å². The van der Waals surface area contributed by atoms with E-state index in [1.807, 2.05) is 25.1 Å². The molecule has 2 aromatic rings. The average molecular weight is 391 g/mol. The van der Waals surface area contributed by atoms with Gasteiger partial charge in [0, 0.05) is 31.9 Å². The summed E-state index contributed by atoms with van der Waals surface area (Å²) in [6.45, 7) is 4.21. The first kappa shape index (κ1) is 17.0. The molecule has 1 aromatic carbocycles. The fourth-order valence-electron chi connectivity index (χ4n) is 2.65. The molecular weight excluding hydrogens is 375 g/mol. The lowest BCUT2D eigenvalue weighted by atomic mass is 10.2. The largest absolute Gasteiger partial charge is 0.369 e. The summed E-state index contributed by atoms with van der Waals surface area (Å²) in [5, 5.41) is 0. The van der Waals surface area contributed by atoms with E-state index in [0.717, 1.165) is 17.0 Å². The van der Waals surface area contributed by atoms with Crippen molar-refractivity contribution < 1.29 is 8.42 Å². The van der Waals surface area contributed by atoms with E-state index in [4.69, 9.17) is 23.2 Å². The number of sulfonamides is 1. The van der Waals surface area contributed by atoms with E-state index >= 15 is 0 Å². The SMILES string of the molecule is Cc1cccc(N2CCN(S(=O)(=O)c3cc(Cl)sc3Cl)CC2)c1. The second kappa shape index (κ2) is 6.61. The van der Waals surface area contributed by atoms with E-state index < -0.39 is 10.0 Å². The highest BCUT2D eigenvalue weighted by Gasteiger charge is 2.31. The van der Waals surface area contributed by atoms with Gasteiger partial charge in [-0.15, -0.1) is 11.3 Å². The molecular formula is C15H16Cl2N2O2S2. The van der Waals surface area contributed by atoms with Crippen LogP contribution in [-0.2, 0) is 10.0 Å². The summed E-state index contributed by atoms with van der Waals surface area (Å²) in [4.78, 5) is 2.31. The maximum Gasteiger partial charge on any atom is 0.245 e. The number of halogens is 2. The number of piperazine rings is 1. The average Bonchev–Trinajstić information content (AvgIpc) is 2.87. The quantitative estimate of drug-likeness (QED) is 0.798. The summed E-state index contributed by atoms with van der Waals surface area (Å²) in [5.41, 5.74) is 2.32. The van der Waals surface area contributed by atoms with Crippen LogP contribution in [0.2, 0.25) is 8.67 Å². The Bertz CT molecular complexity index is 813. The Hall–Kier alpha value is -0.790. The van der Waals surface area contributed by atoms with Crippen LogP contribution < -0.4 is 4.90 Å². The van der Waals surface area contributed by atoms with Crippen LogP contribution in [0.15, 0.2) is 35.2 Å². The van der Waals surface area contributed by atoms with Crippen LogP contribution in [0, 0.1) is 6.92 Å². The first-order valence-corrected chi connectivity index (χ1v) is 10.2. The van der Waals surface area contributed by atoms with E-state index in [-0.39, 0.29) is 9.23 Å². The van der Waals surface area contributed by atoms with Crippen molar-refractivity contribution in [1.29, 1.82) is 0 Å². The summed E-state index contributed by atoms with van der Waals surface area (Å²) < 4.78 is 27.5. The third-order valence-corrected chi connectivity index (χ3v) is 7.50. The molecule has 0 amide bonds. The lowest BCUT2D eigenvalue weighted by molar-refractivity contribution is 0.385. The molecule has 8 heteroatoms. The predicted molar refractivity (Wildman–Crippen MR) is 96.5 cm³/mol. The maximum absolute atomic E-state index is 12.7. The Kier molecular flexibility index (Phi) is 4.90. The highest BCUT2D eigenvalue weighted by atomic mass is 35.5. The van der Waals surface area contributed by atoms with Gasteiger partial charge in [-0.1, -0.05) is 35.3 Å². The fraction of sp³-hybridized carbons (Fsp3) is 0.333. The Labute approximate surface area is 150 Å². The van der Waals surface area contributed by atoms with Crippen molar-refractivity contribution in [2.45, 2.75) is 11.8 Å². The lowest BCUT2D eigenvalue weighted by Crippen LogP contribution is -2.48. The van der Waals surface area contributed by atoms with Gasteiger partial charge >= 0.3 is 0 Å². The molecule has 0 spiro atoms. The van der Waals surface area contributed by atoms with Crippen LogP contribution in [0.25, 0.3) is 0 Å². The highest BCUT2D eigenvalue weighted by Crippen LogP contribution is 2.36. The van der Waals surface area contributed by atoms with Crippen molar-refractivity contribution in [3.63, 3.8) is 0 Å². The van der Waals surface area contributed by atoms with Gasteiger partial charge in [-0.25, -0.2) is 8.42 Å². The van der Waals surface area contributed by atoms with Crippen molar-refractivity contribution in [2.75, 3.05) is 31.1 Å². The standard InChI is InChI=1S/C15H16Cl2N2O2S2/c1-11-3-2-4-12(9-11)18-5-7-19(8-6-18)23(20,21)13-10-14(16)22-15(13)17/h2-4,9-10H,5-8H2,1H3. The van der Waals surface area contributed by atoms with E-state index in [1.165, 1.54) is 15.9 Å². The van der Waals surface area contributed by atoms with E-state index in [0.29, 0.717) is 30.5 Å². The second-order valence-electron chi connectivity index (χ2n) is 5.42. The van der Waals surface area contributed by atoms with Gasteiger partial charge in [-0.3, -0.25) is 0 Å². The molecule has 0 bridgehead atoms. The second-order valence-corrected chi connectivity index (χ2v) is 9.61. The van der Waals surface area contributed by atoms with Crippen LogP contribution in [0.4, 0.5) is 5.69 Å². The summed E-state index contributed by atoms with van der Waals surface area (Å²) in [7, 11) is -3.58. The lowest BCUT2D eigenvalue weighted by Gasteiger charge is -2.35. The smallest absolute Gasteiger partial charge is 0.245 e. The Morgan fingerprint density at radius 2 is 1.78 bits per heavy atom. The fourth-order valence-corrected chi connectivity index (χ4v) is 6.19. The molecule has 1 aliphatic rings. The molecule has 0 radical (unpaired) electrons. The third-order valence-electron chi connectivity index (χ3n) is 3.85. The molecule has 0 unspecified atom stereocenters. The van der Waals surface area contributed by atoms with Crippen molar-refractivity contribution in [1.82, 2.24) is 4.31 Å². The molecule has 0 saturated carbocycles. The molecule has 2 heterocycles. The van der Waals surface area contributed by atoms with Gasteiger partial charge in [-0.2, -0.15) is 4.31 Å². The maximum atomic E-state index is 12.7. The molecule has 23 heavy (non-hydrogen) atoms. The summed E-state index contributed by atoms with van der Waals surface area (Å²) >= 11 is 13.0. The van der Waals surface area contributed by atoms with Crippen molar-refractivity contribution in [3.05, 3.63) is 44.6 Å². The van der Waals surface area contributed by atoms with Gasteiger partial charge in [0.15, 0.2) is 0 Å². The van der Waals surface area contributed by atoms with E-state index in [9.17, 15) is 8.42 Å². The van der Waals surface area contributed by atoms with Crippen molar-refractivity contribution in [2.24, 2.45) is 0 Å². The van der Waals surface area contributed by atoms with Crippen LogP contribution in [0.1, 0.15) is 5.56 Å². The topological polar surface area (TPSA) is 40.6 Å².